The highest BCUT2D eigenvalue weighted by Gasteiger charge is 2.24. The number of nitrogens with zero attached hydrogens (tertiary/aromatic N) is 2. The number of methoxy groups -OCH3 is 1. The number of rotatable bonds is 4. The topological polar surface area (TPSA) is 15.7 Å². The van der Waals surface area contributed by atoms with Gasteiger partial charge in [0.25, 0.3) is 0 Å². The minimum atomic E-state index is 0.314. The predicted molar refractivity (Wildman–Crippen MR) is 95.0 cm³/mol. The van der Waals surface area contributed by atoms with Gasteiger partial charge >= 0.3 is 0 Å². The molecule has 22 heavy (non-hydrogen) atoms. The third kappa shape index (κ3) is 2.79. The summed E-state index contributed by atoms with van der Waals surface area (Å²) in [5, 5.41) is 0.314. The minimum absolute atomic E-state index is 0.314. The Morgan fingerprint density at radius 3 is 2.64 bits per heavy atom. The molecule has 0 amide bonds. The van der Waals surface area contributed by atoms with E-state index in [1.807, 2.05) is 37.0 Å². The van der Waals surface area contributed by atoms with Gasteiger partial charge < -0.3 is 14.5 Å². The maximum absolute atomic E-state index is 5.42. The highest BCUT2D eigenvalue weighted by molar-refractivity contribution is 8.00. The van der Waals surface area contributed by atoms with Crippen molar-refractivity contribution in [3.05, 3.63) is 60.8 Å². The Kier molecular flexibility index (Phi) is 4.29. The van der Waals surface area contributed by atoms with Crippen LogP contribution in [-0.2, 0) is 0 Å². The summed E-state index contributed by atoms with van der Waals surface area (Å²) in [4.78, 5) is 5.72. The summed E-state index contributed by atoms with van der Waals surface area (Å²) in [5.74, 6) is 0.880. The molecule has 0 saturated carbocycles. The van der Waals surface area contributed by atoms with Crippen LogP contribution in [0.4, 0.5) is 11.4 Å². The summed E-state index contributed by atoms with van der Waals surface area (Å²) < 4.78 is 5.42. The Morgan fingerprint density at radius 1 is 1.14 bits per heavy atom. The molecule has 3 nitrogen and oxygen atoms in total. The smallest absolute Gasteiger partial charge is 0.142 e. The number of hydrogen-bond acceptors (Lipinski definition) is 4. The molecule has 1 aliphatic heterocycles. The van der Waals surface area contributed by atoms with Crippen molar-refractivity contribution in [3.8, 4) is 5.75 Å². The molecule has 0 bridgehead atoms. The van der Waals surface area contributed by atoms with Crippen LogP contribution in [0.3, 0.4) is 0 Å². The third-order valence-corrected chi connectivity index (χ3v) is 5.13. The van der Waals surface area contributed by atoms with Crippen LogP contribution in [0.15, 0.2) is 65.7 Å². The number of ether oxygens (including phenoxy) is 1. The zero-order chi connectivity index (χ0) is 15.5. The predicted octanol–water partition coefficient (Wildman–Crippen LogP) is 4.21. The second-order valence-electron chi connectivity index (χ2n) is 5.21. The largest absolute Gasteiger partial charge is 0.495 e. The lowest BCUT2D eigenvalue weighted by Gasteiger charge is -2.21. The number of hydrogen-bond donors (Lipinski definition) is 0. The molecule has 0 aromatic heterocycles. The number of anilines is 2. The second-order valence-corrected chi connectivity index (χ2v) is 6.37. The number of benzene rings is 2. The van der Waals surface area contributed by atoms with E-state index in [1.54, 1.807) is 7.11 Å². The first kappa shape index (κ1) is 14.9. The van der Waals surface area contributed by atoms with E-state index < -0.39 is 0 Å². The Morgan fingerprint density at radius 2 is 1.86 bits per heavy atom. The van der Waals surface area contributed by atoms with Crippen molar-refractivity contribution >= 4 is 23.1 Å². The zero-order valence-electron chi connectivity index (χ0n) is 13.1. The van der Waals surface area contributed by atoms with Crippen molar-refractivity contribution in [1.82, 2.24) is 0 Å². The van der Waals surface area contributed by atoms with Crippen molar-refractivity contribution in [1.29, 1.82) is 0 Å². The van der Waals surface area contributed by atoms with Crippen LogP contribution in [0.1, 0.15) is 0 Å². The molecule has 0 saturated heterocycles. The van der Waals surface area contributed by atoms with Crippen LogP contribution in [0.25, 0.3) is 0 Å². The Labute approximate surface area is 136 Å². The van der Waals surface area contributed by atoms with E-state index in [1.165, 1.54) is 10.6 Å². The summed E-state index contributed by atoms with van der Waals surface area (Å²) in [6.45, 7) is 0. The van der Waals surface area contributed by atoms with Crippen molar-refractivity contribution in [3.63, 3.8) is 0 Å². The molecule has 1 atom stereocenters. The van der Waals surface area contributed by atoms with E-state index in [4.69, 9.17) is 4.74 Å². The quantitative estimate of drug-likeness (QED) is 0.840. The van der Waals surface area contributed by atoms with E-state index in [2.05, 4.69) is 59.5 Å². The van der Waals surface area contributed by atoms with Gasteiger partial charge in [0.1, 0.15) is 5.75 Å². The van der Waals surface area contributed by atoms with Crippen LogP contribution in [-0.4, -0.2) is 26.6 Å². The summed E-state index contributed by atoms with van der Waals surface area (Å²) in [6, 6.07) is 16.6. The van der Waals surface area contributed by atoms with Crippen LogP contribution >= 0.6 is 11.8 Å². The van der Waals surface area contributed by atoms with Crippen molar-refractivity contribution < 1.29 is 4.74 Å². The molecular weight excluding hydrogens is 292 g/mol. The molecule has 1 unspecified atom stereocenters. The van der Waals surface area contributed by atoms with Crippen LogP contribution in [0.5, 0.6) is 5.75 Å². The fourth-order valence-corrected chi connectivity index (χ4v) is 3.74. The monoisotopic (exact) mass is 312 g/mol. The highest BCUT2D eigenvalue weighted by atomic mass is 32.2. The van der Waals surface area contributed by atoms with Gasteiger partial charge in [-0.2, -0.15) is 0 Å². The van der Waals surface area contributed by atoms with Crippen molar-refractivity contribution in [2.75, 3.05) is 31.0 Å². The highest BCUT2D eigenvalue weighted by Crippen LogP contribution is 2.42. The number of para-hydroxylation sites is 3. The van der Waals surface area contributed by atoms with E-state index in [-0.39, 0.29) is 0 Å². The van der Waals surface area contributed by atoms with Crippen LogP contribution in [0.2, 0.25) is 0 Å². The Balaban J connectivity index is 1.75. The lowest BCUT2D eigenvalue weighted by molar-refractivity contribution is 0.415. The summed E-state index contributed by atoms with van der Waals surface area (Å²) in [5.41, 5.74) is 2.35. The molecule has 2 aromatic carbocycles. The van der Waals surface area contributed by atoms with E-state index in [9.17, 15) is 0 Å². The van der Waals surface area contributed by atoms with Gasteiger partial charge in [-0.15, -0.1) is 0 Å². The third-order valence-electron chi connectivity index (χ3n) is 3.81. The molecule has 4 heteroatoms. The molecular formula is C18H20N2OS. The standard InChI is InChI=1S/C18H20N2OS/c1-19(14-8-4-6-10-16(14)21-3)13-12-18-20(2)15-9-5-7-11-17(15)22-18/h4-13,18H,1-3H3. The molecule has 0 N–H and O–H groups in total. The summed E-state index contributed by atoms with van der Waals surface area (Å²) in [6.07, 6.45) is 4.33. The summed E-state index contributed by atoms with van der Waals surface area (Å²) in [7, 11) is 5.88. The maximum Gasteiger partial charge on any atom is 0.142 e. The molecule has 1 heterocycles. The molecule has 3 rings (SSSR count). The first-order chi connectivity index (χ1) is 10.7. The number of thioether (sulfide) groups is 1. The average Bonchev–Trinajstić information content (AvgIpc) is 2.89. The van der Waals surface area contributed by atoms with E-state index in [0.717, 1.165) is 11.4 Å². The first-order valence-electron chi connectivity index (χ1n) is 7.23. The molecule has 0 fully saturated rings. The normalized spacial score (nSPS) is 16.9. The van der Waals surface area contributed by atoms with E-state index >= 15 is 0 Å². The molecule has 1 aliphatic rings. The molecule has 2 aromatic rings. The average molecular weight is 312 g/mol. The summed E-state index contributed by atoms with van der Waals surface area (Å²) >= 11 is 1.87. The Bertz CT molecular complexity index is 686. The molecule has 0 radical (unpaired) electrons. The lowest BCUT2D eigenvalue weighted by Crippen LogP contribution is -2.23. The fraction of sp³-hybridized carbons (Fsp3) is 0.222. The van der Waals surface area contributed by atoms with Crippen LogP contribution in [0, 0.1) is 0 Å². The minimum Gasteiger partial charge on any atom is -0.495 e. The van der Waals surface area contributed by atoms with Gasteiger partial charge in [0, 0.05) is 25.2 Å². The van der Waals surface area contributed by atoms with Gasteiger partial charge in [-0.3, -0.25) is 0 Å². The lowest BCUT2D eigenvalue weighted by atomic mass is 10.2. The second kappa shape index (κ2) is 6.36. The van der Waals surface area contributed by atoms with Crippen LogP contribution < -0.4 is 14.5 Å². The van der Waals surface area contributed by atoms with E-state index in [0.29, 0.717) is 5.37 Å². The molecule has 114 valence electrons. The van der Waals surface area contributed by atoms with Gasteiger partial charge in [0.15, 0.2) is 0 Å². The number of likely N-dealkylation sites (N-methyl/N-ethyl adjacent to an activating group) is 1. The van der Waals surface area contributed by atoms with Gasteiger partial charge in [0.2, 0.25) is 0 Å². The van der Waals surface area contributed by atoms with Crippen molar-refractivity contribution in [2.45, 2.75) is 10.3 Å². The SMILES string of the molecule is COc1ccccc1N(C)C=CC1Sc2ccccc2N1C. The van der Waals surface area contributed by atoms with Gasteiger partial charge in [-0.25, -0.2) is 0 Å². The first-order valence-corrected chi connectivity index (χ1v) is 8.11. The zero-order valence-corrected chi connectivity index (χ0v) is 13.9. The fourth-order valence-electron chi connectivity index (χ4n) is 2.57. The number of fused-ring (bicyclic) bond motifs is 1. The Hall–Kier alpha value is -2.07. The van der Waals surface area contributed by atoms with Gasteiger partial charge in [-0.05, 0) is 30.3 Å². The van der Waals surface area contributed by atoms with Gasteiger partial charge in [0.05, 0.1) is 23.9 Å². The maximum atomic E-state index is 5.42. The molecule has 0 aliphatic carbocycles. The molecule has 0 spiro atoms. The van der Waals surface area contributed by atoms with Crippen molar-refractivity contribution in [2.24, 2.45) is 0 Å². The van der Waals surface area contributed by atoms with Gasteiger partial charge in [-0.1, -0.05) is 36.0 Å².